The van der Waals surface area contributed by atoms with Crippen LogP contribution in [0.5, 0.6) is 0 Å². The first-order valence-corrected chi connectivity index (χ1v) is 40.0. The van der Waals surface area contributed by atoms with E-state index < -0.39 is 0 Å². The monoisotopic (exact) mass is 1350 g/mol. The van der Waals surface area contributed by atoms with Crippen LogP contribution in [0.15, 0.2) is 212 Å². The molecule has 0 N–H and O–H groups in total. The van der Waals surface area contributed by atoms with Gasteiger partial charge < -0.3 is 14.7 Å². The molecule has 0 unspecified atom stereocenters. The molecule has 3 nitrogen and oxygen atoms in total. The van der Waals surface area contributed by atoms with Crippen molar-refractivity contribution in [2.75, 3.05) is 14.7 Å². The zero-order chi connectivity index (χ0) is 71.8. The molecule has 12 rings (SSSR count). The van der Waals surface area contributed by atoms with Crippen LogP contribution in [-0.4, -0.2) is 0 Å². The number of aryl methyl sites for hydroxylation is 12. The Morgan fingerprint density at radius 2 is 0.500 bits per heavy atom. The minimum Gasteiger partial charge on any atom is -0.310 e. The third-order valence-electron chi connectivity index (χ3n) is 22.0. The number of unbranched alkanes of at least 4 members (excludes halogenated alkanes) is 16. The van der Waals surface area contributed by atoms with Crippen molar-refractivity contribution in [2.24, 2.45) is 0 Å². The highest BCUT2D eigenvalue weighted by Gasteiger charge is 2.43. The van der Waals surface area contributed by atoms with Crippen molar-refractivity contribution in [3.05, 3.63) is 290 Å². The molecule has 0 atom stereocenters. The molecule has 0 radical (unpaired) electrons. The number of nitrogens with zero attached hydrogens (tertiary/aromatic N) is 3. The second-order valence-electron chi connectivity index (χ2n) is 30.4. The summed E-state index contributed by atoms with van der Waals surface area (Å²) in [6.07, 6.45) is 33.8. The summed E-state index contributed by atoms with van der Waals surface area (Å²) in [4.78, 5) is 7.30. The second kappa shape index (κ2) is 38.2. The summed E-state index contributed by atoms with van der Waals surface area (Å²) in [5, 5.41) is 0. The lowest BCUT2D eigenvalue weighted by Gasteiger charge is -2.35. The standard InChI is InChI=1S/C57H68N2.C22H21N.C20H34/c1-7-9-11-13-15-17-39-57(40-18-16-14-12-10-8-2)55-41-51(58(47-27-19-43(3)20-28-47)48-29-21-44(4)22-30-48)35-37-53(55)54-38-36-52(42-56(54)57)59(49-31-23-45(5)24-32-49)50-33-25-46(6)26-34-50;1-16-3-10-20(11-4-16)23(21-12-5-17(2)6-13-21)22-14-9-18-7-8-19(18)15-22;1-5-7-9-11-13-19-15-18(4)20(16-17(19)3)14-12-10-8-6-2/h19-38,41-42H,7-18,39-40H2,1-6H3;3-6,9-15H,7-8H2,1-2H3;15-16H,5-14H2,1-4H3. The van der Waals surface area contributed by atoms with Crippen LogP contribution in [0.3, 0.4) is 0 Å². The number of anilines is 9. The van der Waals surface area contributed by atoms with E-state index >= 15 is 0 Å². The van der Waals surface area contributed by atoms with Crippen molar-refractivity contribution < 1.29 is 0 Å². The molecule has 0 aromatic heterocycles. The lowest BCUT2D eigenvalue weighted by Crippen LogP contribution is -2.26. The van der Waals surface area contributed by atoms with Crippen molar-refractivity contribution in [1.82, 2.24) is 0 Å². The Morgan fingerprint density at radius 3 is 0.784 bits per heavy atom. The van der Waals surface area contributed by atoms with Crippen LogP contribution in [-0.2, 0) is 31.1 Å². The first-order chi connectivity index (χ1) is 49.7. The number of fused-ring (bicyclic) bond motifs is 4. The SMILES string of the molecule is CCCCCCCCC1(CCCCCCCC)c2cc(N(c3ccc(C)cc3)c3ccc(C)cc3)ccc2-c2ccc(N(c3ccc(C)cc3)c3ccc(C)cc3)cc21.CCCCCCc1cc(C)c(CCCCCC)cc1C.Cc1ccc(N(c2ccc(C)cc2)c2ccc3c(c2)CC3)cc1. The predicted molar refractivity (Wildman–Crippen MR) is 447 cm³/mol. The van der Waals surface area contributed by atoms with Crippen molar-refractivity contribution in [3.8, 4) is 11.1 Å². The molecule has 2 aliphatic carbocycles. The number of benzene rings is 10. The molecular weight excluding hydrogens is 1230 g/mol. The molecule has 0 heterocycles. The molecule has 0 fully saturated rings. The Labute approximate surface area is 618 Å². The maximum absolute atomic E-state index is 2.60. The molecule has 10 aromatic rings. The van der Waals surface area contributed by atoms with Gasteiger partial charge in [0.15, 0.2) is 0 Å². The van der Waals surface area contributed by atoms with Crippen molar-refractivity contribution in [1.29, 1.82) is 0 Å². The van der Waals surface area contributed by atoms with Gasteiger partial charge in [0.25, 0.3) is 0 Å². The molecular formula is C99H123N3. The molecule has 102 heavy (non-hydrogen) atoms. The molecule has 0 saturated carbocycles. The van der Waals surface area contributed by atoms with Gasteiger partial charge in [-0.2, -0.15) is 0 Å². The van der Waals surface area contributed by atoms with E-state index in [0.717, 1.165) is 0 Å². The fourth-order valence-electron chi connectivity index (χ4n) is 15.6. The highest BCUT2D eigenvalue weighted by Crippen LogP contribution is 2.57. The first-order valence-electron chi connectivity index (χ1n) is 40.0. The minimum absolute atomic E-state index is 0.0787. The van der Waals surface area contributed by atoms with Gasteiger partial charge in [0.05, 0.1) is 0 Å². The van der Waals surface area contributed by atoms with Crippen LogP contribution < -0.4 is 14.7 Å². The highest BCUT2D eigenvalue weighted by atomic mass is 15.2. The van der Waals surface area contributed by atoms with Gasteiger partial charge in [-0.1, -0.05) is 280 Å². The van der Waals surface area contributed by atoms with Gasteiger partial charge in [0, 0.05) is 56.6 Å². The molecule has 0 saturated heterocycles. The van der Waals surface area contributed by atoms with Crippen molar-refractivity contribution in [2.45, 2.75) is 255 Å². The normalized spacial score (nSPS) is 12.3. The van der Waals surface area contributed by atoms with E-state index in [9.17, 15) is 0 Å². The van der Waals surface area contributed by atoms with Gasteiger partial charge in [-0.25, -0.2) is 0 Å². The zero-order valence-corrected chi connectivity index (χ0v) is 64.9. The summed E-state index contributed by atoms with van der Waals surface area (Å²) in [6, 6.07) is 80.4. The summed E-state index contributed by atoms with van der Waals surface area (Å²) in [5.74, 6) is 0. The molecule has 10 aromatic carbocycles. The largest absolute Gasteiger partial charge is 0.310 e. The van der Waals surface area contributed by atoms with Gasteiger partial charge in [-0.15, -0.1) is 0 Å². The maximum Gasteiger partial charge on any atom is 0.0465 e. The van der Waals surface area contributed by atoms with E-state index in [4.69, 9.17) is 0 Å². The van der Waals surface area contributed by atoms with Crippen molar-refractivity contribution in [3.63, 3.8) is 0 Å². The van der Waals surface area contributed by atoms with Gasteiger partial charge in [0.1, 0.15) is 0 Å². The van der Waals surface area contributed by atoms with Gasteiger partial charge in [0.2, 0.25) is 0 Å². The fraction of sp³-hybridized carbons (Fsp3) is 0.394. The first kappa shape index (κ1) is 76.2. The van der Waals surface area contributed by atoms with Gasteiger partial charge in [-0.3, -0.25) is 0 Å². The summed E-state index contributed by atoms with van der Waals surface area (Å²) in [7, 11) is 0. The average molecular weight is 1360 g/mol. The van der Waals surface area contributed by atoms with Crippen LogP contribution in [0.2, 0.25) is 0 Å². The third-order valence-corrected chi connectivity index (χ3v) is 22.0. The summed E-state index contributed by atoms with van der Waals surface area (Å²) < 4.78 is 0. The fourth-order valence-corrected chi connectivity index (χ4v) is 15.6. The third kappa shape index (κ3) is 20.1. The number of rotatable bonds is 33. The molecule has 534 valence electrons. The molecule has 3 heteroatoms. The quantitative estimate of drug-likeness (QED) is 0.0380. The van der Waals surface area contributed by atoms with Crippen molar-refractivity contribution >= 4 is 51.2 Å². The van der Waals surface area contributed by atoms with Crippen LogP contribution in [0.4, 0.5) is 51.2 Å². The maximum atomic E-state index is 2.60. The minimum atomic E-state index is -0.0787. The van der Waals surface area contributed by atoms with Crippen LogP contribution >= 0.6 is 0 Å². The number of hydrogen-bond donors (Lipinski definition) is 0. The smallest absolute Gasteiger partial charge is 0.0465 e. The molecule has 0 amide bonds. The van der Waals surface area contributed by atoms with Crippen LogP contribution in [0.25, 0.3) is 11.1 Å². The van der Waals surface area contributed by atoms with E-state index in [1.807, 2.05) is 0 Å². The van der Waals surface area contributed by atoms with E-state index in [1.54, 1.807) is 11.1 Å². The molecule has 2 aliphatic rings. The van der Waals surface area contributed by atoms with E-state index in [0.29, 0.717) is 0 Å². The van der Waals surface area contributed by atoms with E-state index in [1.165, 1.54) is 296 Å². The second-order valence-corrected chi connectivity index (χ2v) is 30.4. The van der Waals surface area contributed by atoms with E-state index in [-0.39, 0.29) is 5.41 Å². The Kier molecular flexibility index (Phi) is 28.6. The van der Waals surface area contributed by atoms with Crippen LogP contribution in [0, 0.1) is 55.4 Å². The average Bonchev–Trinajstić information content (AvgIpc) is 1.56. The Bertz CT molecular complexity index is 3840. The van der Waals surface area contributed by atoms with E-state index in [2.05, 4.69) is 310 Å². The predicted octanol–water partition coefficient (Wildman–Crippen LogP) is 30.0. The summed E-state index contributed by atoms with van der Waals surface area (Å²) >= 11 is 0. The molecule has 0 aliphatic heterocycles. The lowest BCUT2D eigenvalue weighted by molar-refractivity contribution is 0.398. The Balaban J connectivity index is 0.000000210. The zero-order valence-electron chi connectivity index (χ0n) is 64.9. The molecule has 0 bridgehead atoms. The van der Waals surface area contributed by atoms with Gasteiger partial charge in [-0.05, 0) is 272 Å². The Morgan fingerprint density at radius 1 is 0.245 bits per heavy atom. The lowest BCUT2D eigenvalue weighted by atomic mass is 9.70. The molecule has 0 spiro atoms. The number of hydrogen-bond acceptors (Lipinski definition) is 3. The topological polar surface area (TPSA) is 9.72 Å². The summed E-state index contributed by atoms with van der Waals surface area (Å²) in [5.41, 5.74) is 33.6. The Hall–Kier alpha value is -8.40. The summed E-state index contributed by atoms with van der Waals surface area (Å²) in [6.45, 7) is 26.8. The van der Waals surface area contributed by atoms with Crippen LogP contribution in [0.1, 0.15) is 247 Å². The van der Waals surface area contributed by atoms with Gasteiger partial charge >= 0.3 is 0 Å². The highest BCUT2D eigenvalue weighted by molar-refractivity contribution is 5.89.